The monoisotopic (exact) mass is 290 g/mol. The number of nitrogens with zero attached hydrogens (tertiary/aromatic N) is 2. The number of aliphatic hydroxyl groups is 1. The predicted molar refractivity (Wildman–Crippen MR) is 84.0 cm³/mol. The Morgan fingerprint density at radius 1 is 1.33 bits per heavy atom. The number of amides is 1. The van der Waals surface area contributed by atoms with Gasteiger partial charge in [-0.3, -0.25) is 9.69 Å². The van der Waals surface area contributed by atoms with Crippen molar-refractivity contribution in [2.45, 2.75) is 45.4 Å². The molecule has 1 amide bonds. The van der Waals surface area contributed by atoms with E-state index in [0.717, 1.165) is 19.5 Å². The van der Waals surface area contributed by atoms with E-state index in [1.54, 1.807) is 11.8 Å². The van der Waals surface area contributed by atoms with Gasteiger partial charge in [0.05, 0.1) is 12.1 Å². The minimum Gasteiger partial charge on any atom is -0.393 e. The molecular weight excluding hydrogens is 264 g/mol. The quantitative estimate of drug-likeness (QED) is 0.897. The molecule has 1 aliphatic heterocycles. The average Bonchev–Trinajstić information content (AvgIpc) is 2.50. The van der Waals surface area contributed by atoms with Gasteiger partial charge in [0, 0.05) is 26.7 Å². The lowest BCUT2D eigenvalue weighted by molar-refractivity contribution is -0.135. The van der Waals surface area contributed by atoms with Crippen molar-refractivity contribution in [3.63, 3.8) is 0 Å². The fourth-order valence-corrected chi connectivity index (χ4v) is 2.81. The van der Waals surface area contributed by atoms with Crippen LogP contribution in [0.2, 0.25) is 0 Å². The van der Waals surface area contributed by atoms with Gasteiger partial charge in [0.2, 0.25) is 5.91 Å². The first-order chi connectivity index (χ1) is 9.99. The number of hydrogen-bond acceptors (Lipinski definition) is 3. The Balaban J connectivity index is 1.94. The Labute approximate surface area is 127 Å². The SMILES string of the molecule is CC(O)CCN(C)C(=O)C(C)N1CCc2ccccc2C1. The molecule has 0 saturated carbocycles. The van der Waals surface area contributed by atoms with Crippen molar-refractivity contribution in [1.29, 1.82) is 0 Å². The van der Waals surface area contributed by atoms with Crippen LogP contribution in [0.5, 0.6) is 0 Å². The van der Waals surface area contributed by atoms with Gasteiger partial charge in [0.15, 0.2) is 0 Å². The Morgan fingerprint density at radius 3 is 2.67 bits per heavy atom. The maximum Gasteiger partial charge on any atom is 0.239 e. The second-order valence-electron chi connectivity index (χ2n) is 6.06. The third-order valence-corrected chi connectivity index (χ3v) is 4.32. The lowest BCUT2D eigenvalue weighted by atomic mass is 9.98. The number of carbonyl (C=O) groups is 1. The van der Waals surface area contributed by atoms with E-state index >= 15 is 0 Å². The molecule has 4 heteroatoms. The van der Waals surface area contributed by atoms with Crippen molar-refractivity contribution in [3.8, 4) is 0 Å². The molecule has 1 aliphatic rings. The maximum atomic E-state index is 12.5. The molecule has 0 bridgehead atoms. The molecule has 2 rings (SSSR count). The van der Waals surface area contributed by atoms with Gasteiger partial charge < -0.3 is 10.0 Å². The number of hydrogen-bond donors (Lipinski definition) is 1. The van der Waals surface area contributed by atoms with Crippen molar-refractivity contribution in [2.75, 3.05) is 20.1 Å². The molecule has 1 N–H and O–H groups in total. The molecular formula is C17H26N2O2. The van der Waals surface area contributed by atoms with Crippen LogP contribution < -0.4 is 0 Å². The number of benzene rings is 1. The minimum absolute atomic E-state index is 0.114. The number of aliphatic hydroxyl groups excluding tert-OH is 1. The zero-order chi connectivity index (χ0) is 15.4. The summed E-state index contributed by atoms with van der Waals surface area (Å²) in [5, 5.41) is 9.33. The van der Waals surface area contributed by atoms with Crippen LogP contribution in [0.25, 0.3) is 0 Å². The van der Waals surface area contributed by atoms with Gasteiger partial charge in [-0.15, -0.1) is 0 Å². The topological polar surface area (TPSA) is 43.8 Å². The van der Waals surface area contributed by atoms with E-state index in [1.807, 2.05) is 14.0 Å². The number of likely N-dealkylation sites (N-methyl/N-ethyl adjacent to an activating group) is 1. The van der Waals surface area contributed by atoms with Crippen molar-refractivity contribution in [3.05, 3.63) is 35.4 Å². The molecule has 2 atom stereocenters. The molecule has 1 heterocycles. The van der Waals surface area contributed by atoms with Crippen molar-refractivity contribution >= 4 is 5.91 Å². The van der Waals surface area contributed by atoms with E-state index in [1.165, 1.54) is 11.1 Å². The molecule has 0 spiro atoms. The smallest absolute Gasteiger partial charge is 0.239 e. The Morgan fingerprint density at radius 2 is 2.00 bits per heavy atom. The van der Waals surface area contributed by atoms with Gasteiger partial charge in [-0.1, -0.05) is 24.3 Å². The fraction of sp³-hybridized carbons (Fsp3) is 0.588. The lowest BCUT2D eigenvalue weighted by Gasteiger charge is -2.34. The maximum absolute atomic E-state index is 12.5. The summed E-state index contributed by atoms with van der Waals surface area (Å²) in [6.07, 6.45) is 1.26. The number of fused-ring (bicyclic) bond motifs is 1. The second kappa shape index (κ2) is 7.05. The van der Waals surface area contributed by atoms with E-state index in [9.17, 15) is 9.90 Å². The third kappa shape index (κ3) is 4.05. The number of carbonyl (C=O) groups excluding carboxylic acids is 1. The van der Waals surface area contributed by atoms with Crippen molar-refractivity contribution in [2.24, 2.45) is 0 Å². The molecule has 0 fully saturated rings. The Bertz CT molecular complexity index is 487. The van der Waals surface area contributed by atoms with Gasteiger partial charge in [-0.25, -0.2) is 0 Å². The predicted octanol–water partition coefficient (Wildman–Crippen LogP) is 1.66. The molecule has 4 nitrogen and oxygen atoms in total. The summed E-state index contributed by atoms with van der Waals surface area (Å²) in [7, 11) is 1.82. The van der Waals surface area contributed by atoms with Gasteiger partial charge in [0.25, 0.3) is 0 Å². The van der Waals surface area contributed by atoms with Crippen LogP contribution in [0.3, 0.4) is 0 Å². The molecule has 0 saturated heterocycles. The normalized spacial score (nSPS) is 17.9. The first-order valence-electron chi connectivity index (χ1n) is 7.73. The highest BCUT2D eigenvalue weighted by Crippen LogP contribution is 2.20. The van der Waals surface area contributed by atoms with Crippen LogP contribution in [0.1, 0.15) is 31.4 Å². The third-order valence-electron chi connectivity index (χ3n) is 4.32. The van der Waals surface area contributed by atoms with Crippen LogP contribution >= 0.6 is 0 Å². The van der Waals surface area contributed by atoms with Crippen LogP contribution in [-0.2, 0) is 17.8 Å². The molecule has 21 heavy (non-hydrogen) atoms. The van der Waals surface area contributed by atoms with Crippen LogP contribution in [0.4, 0.5) is 0 Å². The average molecular weight is 290 g/mol. The molecule has 1 aromatic rings. The lowest BCUT2D eigenvalue weighted by Crippen LogP contribution is -2.48. The zero-order valence-electron chi connectivity index (χ0n) is 13.2. The van der Waals surface area contributed by atoms with Gasteiger partial charge >= 0.3 is 0 Å². The Hall–Kier alpha value is -1.39. The van der Waals surface area contributed by atoms with Crippen molar-refractivity contribution < 1.29 is 9.90 Å². The summed E-state index contributed by atoms with van der Waals surface area (Å²) in [5.74, 6) is 0.134. The van der Waals surface area contributed by atoms with Gasteiger partial charge in [0.1, 0.15) is 0 Å². The second-order valence-corrected chi connectivity index (χ2v) is 6.06. The first kappa shape index (κ1) is 16.0. The first-order valence-corrected chi connectivity index (χ1v) is 7.73. The summed E-state index contributed by atoms with van der Waals surface area (Å²) >= 11 is 0. The van der Waals surface area contributed by atoms with Gasteiger partial charge in [-0.05, 0) is 37.8 Å². The zero-order valence-corrected chi connectivity index (χ0v) is 13.2. The van der Waals surface area contributed by atoms with E-state index in [0.29, 0.717) is 13.0 Å². The van der Waals surface area contributed by atoms with Crippen LogP contribution in [-0.4, -0.2) is 53.1 Å². The van der Waals surface area contributed by atoms with E-state index in [4.69, 9.17) is 0 Å². The summed E-state index contributed by atoms with van der Waals surface area (Å²) in [6.45, 7) is 6.10. The fourth-order valence-electron chi connectivity index (χ4n) is 2.81. The molecule has 1 aromatic carbocycles. The molecule has 0 aromatic heterocycles. The molecule has 116 valence electrons. The van der Waals surface area contributed by atoms with Gasteiger partial charge in [-0.2, -0.15) is 0 Å². The van der Waals surface area contributed by atoms with Crippen LogP contribution in [0, 0.1) is 0 Å². The highest BCUT2D eigenvalue weighted by atomic mass is 16.3. The summed E-state index contributed by atoms with van der Waals surface area (Å²) in [6, 6.07) is 8.35. The highest BCUT2D eigenvalue weighted by molar-refractivity contribution is 5.81. The number of rotatable bonds is 5. The van der Waals surface area contributed by atoms with E-state index in [-0.39, 0.29) is 18.1 Å². The summed E-state index contributed by atoms with van der Waals surface area (Å²) in [5.41, 5.74) is 2.73. The summed E-state index contributed by atoms with van der Waals surface area (Å²) in [4.78, 5) is 16.4. The van der Waals surface area contributed by atoms with Crippen LogP contribution in [0.15, 0.2) is 24.3 Å². The minimum atomic E-state index is -0.364. The standard InChI is InChI=1S/C17H26N2O2/c1-13(20)8-10-18(3)17(21)14(2)19-11-9-15-6-4-5-7-16(15)12-19/h4-7,13-14,20H,8-12H2,1-3H3. The Kier molecular flexibility index (Phi) is 5.37. The summed E-state index contributed by atoms with van der Waals surface area (Å²) < 4.78 is 0. The molecule has 0 aliphatic carbocycles. The van der Waals surface area contributed by atoms with E-state index in [2.05, 4.69) is 29.2 Å². The molecule has 0 radical (unpaired) electrons. The largest absolute Gasteiger partial charge is 0.393 e. The highest BCUT2D eigenvalue weighted by Gasteiger charge is 2.27. The van der Waals surface area contributed by atoms with Crippen molar-refractivity contribution in [1.82, 2.24) is 9.80 Å². The van der Waals surface area contributed by atoms with E-state index < -0.39 is 0 Å². The molecule has 2 unspecified atom stereocenters.